The average Bonchev–Trinajstić information content (AvgIpc) is 2.78. The quantitative estimate of drug-likeness (QED) is 0.591. The van der Waals surface area contributed by atoms with Gasteiger partial charge in [-0.05, 0) is 18.6 Å². The van der Waals surface area contributed by atoms with Crippen molar-refractivity contribution < 1.29 is 18.1 Å². The van der Waals surface area contributed by atoms with E-state index in [-0.39, 0.29) is 16.7 Å². The molecule has 0 spiro atoms. The zero-order valence-corrected chi connectivity index (χ0v) is 15.5. The Morgan fingerprint density at radius 1 is 1.20 bits per heavy atom. The van der Waals surface area contributed by atoms with E-state index in [0.29, 0.717) is 31.9 Å². The van der Waals surface area contributed by atoms with Crippen molar-refractivity contribution in [2.24, 2.45) is 5.92 Å². The third kappa shape index (κ3) is 4.47. The molecule has 1 saturated heterocycles. The number of benzene rings is 1. The van der Waals surface area contributed by atoms with Gasteiger partial charge in [-0.2, -0.15) is 0 Å². The van der Waals surface area contributed by atoms with Crippen LogP contribution in [0.25, 0.3) is 0 Å². The monoisotopic (exact) mass is 369 g/mol. The van der Waals surface area contributed by atoms with E-state index in [0.717, 1.165) is 12.7 Å². The molecule has 9 heteroatoms. The molecule has 0 unspecified atom stereocenters. The van der Waals surface area contributed by atoms with Gasteiger partial charge in [-0.15, -0.1) is 0 Å². The number of sulfone groups is 1. The van der Waals surface area contributed by atoms with E-state index in [9.17, 15) is 23.3 Å². The largest absolute Gasteiger partial charge is 0.370 e. The molecule has 0 bridgehead atoms. The smallest absolute Gasteiger partial charge is 0.288 e. The van der Waals surface area contributed by atoms with Crippen LogP contribution >= 0.6 is 0 Å². The summed E-state index contributed by atoms with van der Waals surface area (Å²) in [6.45, 7) is 6.13. The molecule has 1 aliphatic heterocycles. The molecule has 1 aliphatic rings. The van der Waals surface area contributed by atoms with Gasteiger partial charge in [0, 0.05) is 50.1 Å². The van der Waals surface area contributed by atoms with Gasteiger partial charge in [-0.1, -0.05) is 13.8 Å². The lowest BCUT2D eigenvalue weighted by molar-refractivity contribution is -0.387. The van der Waals surface area contributed by atoms with E-state index < -0.39 is 20.4 Å². The van der Waals surface area contributed by atoms with Crippen molar-refractivity contribution in [3.8, 4) is 0 Å². The van der Waals surface area contributed by atoms with Crippen LogP contribution < -0.4 is 4.90 Å². The molecule has 138 valence electrons. The lowest BCUT2D eigenvalue weighted by atomic mass is 10.2. The van der Waals surface area contributed by atoms with Crippen molar-refractivity contribution in [1.82, 2.24) is 4.90 Å². The number of amides is 1. The summed E-state index contributed by atoms with van der Waals surface area (Å²) < 4.78 is 23.8. The highest BCUT2D eigenvalue weighted by molar-refractivity contribution is 7.90. The van der Waals surface area contributed by atoms with E-state index >= 15 is 0 Å². The highest BCUT2D eigenvalue weighted by Crippen LogP contribution is 2.29. The number of hydrogen-bond acceptors (Lipinski definition) is 6. The SMILES string of the molecule is CC(C)C(=O)N1CCCN(c2ccc([N+](=O)[O-])c(S(C)(=O)=O)c2)CC1. The van der Waals surface area contributed by atoms with E-state index in [1.54, 1.807) is 6.07 Å². The minimum Gasteiger partial charge on any atom is -0.370 e. The van der Waals surface area contributed by atoms with Gasteiger partial charge < -0.3 is 9.80 Å². The lowest BCUT2D eigenvalue weighted by Gasteiger charge is -2.25. The predicted octanol–water partition coefficient (Wildman–Crippen LogP) is 1.69. The van der Waals surface area contributed by atoms with E-state index in [4.69, 9.17) is 0 Å². The molecule has 8 nitrogen and oxygen atoms in total. The van der Waals surface area contributed by atoms with Gasteiger partial charge in [0.1, 0.15) is 4.90 Å². The minimum atomic E-state index is -3.72. The lowest BCUT2D eigenvalue weighted by Crippen LogP contribution is -2.37. The Morgan fingerprint density at radius 2 is 1.88 bits per heavy atom. The van der Waals surface area contributed by atoms with Crippen molar-refractivity contribution in [2.45, 2.75) is 25.2 Å². The van der Waals surface area contributed by atoms with Crippen molar-refractivity contribution in [3.05, 3.63) is 28.3 Å². The summed E-state index contributed by atoms with van der Waals surface area (Å²) in [6, 6.07) is 4.15. The second-order valence-corrected chi connectivity index (χ2v) is 8.49. The molecular formula is C16H23N3O5S. The van der Waals surface area contributed by atoms with Gasteiger partial charge in [-0.25, -0.2) is 8.42 Å². The maximum absolute atomic E-state index is 12.2. The van der Waals surface area contributed by atoms with E-state index in [1.807, 2.05) is 23.6 Å². The van der Waals surface area contributed by atoms with Gasteiger partial charge in [0.05, 0.1) is 4.92 Å². The molecule has 2 rings (SSSR count). The van der Waals surface area contributed by atoms with Crippen LogP contribution in [-0.4, -0.2) is 56.6 Å². The first kappa shape index (κ1) is 19.2. The van der Waals surface area contributed by atoms with Crippen LogP contribution in [0, 0.1) is 16.0 Å². The first-order valence-corrected chi connectivity index (χ1v) is 10.0. The molecule has 1 fully saturated rings. The first-order chi connectivity index (χ1) is 11.6. The number of nitrogens with zero attached hydrogens (tertiary/aromatic N) is 3. The van der Waals surface area contributed by atoms with Crippen molar-refractivity contribution >= 4 is 27.1 Å². The number of anilines is 1. The second kappa shape index (κ2) is 7.38. The number of rotatable bonds is 4. The van der Waals surface area contributed by atoms with Crippen molar-refractivity contribution in [1.29, 1.82) is 0 Å². The van der Waals surface area contributed by atoms with Crippen LogP contribution in [0.4, 0.5) is 11.4 Å². The summed E-state index contributed by atoms with van der Waals surface area (Å²) in [6.07, 6.45) is 1.72. The molecule has 0 N–H and O–H groups in total. The van der Waals surface area contributed by atoms with E-state index in [1.165, 1.54) is 12.1 Å². The molecule has 0 radical (unpaired) electrons. The first-order valence-electron chi connectivity index (χ1n) is 8.13. The number of nitro benzene ring substituents is 1. The fourth-order valence-electron chi connectivity index (χ4n) is 2.91. The minimum absolute atomic E-state index is 0.0669. The van der Waals surface area contributed by atoms with Crippen LogP contribution in [0.15, 0.2) is 23.1 Å². The Hall–Kier alpha value is -2.16. The average molecular weight is 369 g/mol. The van der Waals surface area contributed by atoms with Gasteiger partial charge in [0.2, 0.25) is 5.91 Å². The molecule has 1 heterocycles. The Labute approximate surface area is 147 Å². The van der Waals surface area contributed by atoms with Gasteiger partial charge >= 0.3 is 0 Å². The van der Waals surface area contributed by atoms with Crippen molar-refractivity contribution in [2.75, 3.05) is 37.3 Å². The topological polar surface area (TPSA) is 101 Å². The van der Waals surface area contributed by atoms with E-state index in [2.05, 4.69) is 0 Å². The van der Waals surface area contributed by atoms with Crippen LogP contribution in [0.5, 0.6) is 0 Å². The zero-order chi connectivity index (χ0) is 18.8. The highest BCUT2D eigenvalue weighted by Gasteiger charge is 2.25. The number of carbonyl (C=O) groups is 1. The van der Waals surface area contributed by atoms with Crippen molar-refractivity contribution in [3.63, 3.8) is 0 Å². The summed E-state index contributed by atoms with van der Waals surface area (Å²) in [5, 5.41) is 11.1. The highest BCUT2D eigenvalue weighted by atomic mass is 32.2. The standard InChI is InChI=1S/C16H23N3O5S/c1-12(2)16(20)18-8-4-7-17(9-10-18)13-5-6-14(19(21)22)15(11-13)25(3,23)24/h5-6,11-12H,4,7-10H2,1-3H3. The fraction of sp³-hybridized carbons (Fsp3) is 0.562. The molecular weight excluding hydrogens is 346 g/mol. The van der Waals surface area contributed by atoms with Gasteiger partial charge in [0.25, 0.3) is 5.69 Å². The number of nitro groups is 1. The molecule has 25 heavy (non-hydrogen) atoms. The molecule has 0 saturated carbocycles. The van der Waals surface area contributed by atoms with Gasteiger partial charge in [0.15, 0.2) is 9.84 Å². The third-order valence-corrected chi connectivity index (χ3v) is 5.33. The summed E-state index contributed by atoms with van der Waals surface area (Å²) in [4.78, 5) is 26.0. The molecule has 1 aromatic rings. The summed E-state index contributed by atoms with van der Waals surface area (Å²) in [7, 11) is -3.72. The van der Waals surface area contributed by atoms with Gasteiger partial charge in [-0.3, -0.25) is 14.9 Å². The normalized spacial score (nSPS) is 16.0. The summed E-state index contributed by atoms with van der Waals surface area (Å²) >= 11 is 0. The third-order valence-electron chi connectivity index (χ3n) is 4.21. The molecule has 1 amide bonds. The fourth-order valence-corrected chi connectivity index (χ4v) is 3.77. The maximum Gasteiger partial charge on any atom is 0.288 e. The number of hydrogen-bond donors (Lipinski definition) is 0. The Bertz CT molecular complexity index is 776. The summed E-state index contributed by atoms with van der Waals surface area (Å²) in [5.74, 6) is 0.0325. The zero-order valence-electron chi connectivity index (χ0n) is 14.6. The Balaban J connectivity index is 2.27. The molecule has 0 aliphatic carbocycles. The molecule has 0 atom stereocenters. The van der Waals surface area contributed by atoms with Crippen LogP contribution in [0.1, 0.15) is 20.3 Å². The van der Waals surface area contributed by atoms with Crippen LogP contribution in [-0.2, 0) is 14.6 Å². The predicted molar refractivity (Wildman–Crippen MR) is 94.5 cm³/mol. The summed E-state index contributed by atoms with van der Waals surface area (Å²) in [5.41, 5.74) is 0.197. The molecule has 0 aromatic heterocycles. The number of carbonyl (C=O) groups excluding carboxylic acids is 1. The van der Waals surface area contributed by atoms with Crippen LogP contribution in [0.3, 0.4) is 0 Å². The van der Waals surface area contributed by atoms with Crippen LogP contribution in [0.2, 0.25) is 0 Å². The molecule has 1 aromatic carbocycles. The Kier molecular flexibility index (Phi) is 5.66. The maximum atomic E-state index is 12.2. The Morgan fingerprint density at radius 3 is 2.44 bits per heavy atom. The second-order valence-electron chi connectivity index (χ2n) is 6.50.